The number of nitrogens with zero attached hydrogens (tertiary/aromatic N) is 2. The Balaban J connectivity index is 1.96. The fourth-order valence-corrected chi connectivity index (χ4v) is 3.68. The van der Waals surface area contributed by atoms with Gasteiger partial charge in [0, 0.05) is 11.8 Å². The number of aliphatic hydroxyl groups is 1. The van der Waals surface area contributed by atoms with Crippen molar-refractivity contribution in [3.63, 3.8) is 0 Å². The highest BCUT2D eigenvalue weighted by Crippen LogP contribution is 2.43. The Morgan fingerprint density at radius 2 is 1.71 bits per heavy atom. The van der Waals surface area contributed by atoms with Gasteiger partial charge >= 0.3 is 0 Å². The van der Waals surface area contributed by atoms with E-state index >= 15 is 0 Å². The number of ketones is 1. The fourth-order valence-electron chi connectivity index (χ4n) is 3.68. The second kappa shape index (κ2) is 8.31. The zero-order valence-electron chi connectivity index (χ0n) is 17.0. The molecule has 156 valence electrons. The van der Waals surface area contributed by atoms with E-state index in [0.717, 1.165) is 0 Å². The summed E-state index contributed by atoms with van der Waals surface area (Å²) in [5.74, 6) is -0.815. The smallest absolute Gasteiger partial charge is 0.300 e. The maximum atomic E-state index is 13.1. The number of Topliss-reactive ketones (excluding diaryl/α,β-unsaturated/α-hetero) is 1. The molecule has 1 aliphatic heterocycles. The molecule has 2 heterocycles. The van der Waals surface area contributed by atoms with Gasteiger partial charge in [-0.25, -0.2) is 0 Å². The Labute approximate surface area is 179 Å². The number of benzene rings is 2. The van der Waals surface area contributed by atoms with Gasteiger partial charge in [-0.2, -0.15) is 0 Å². The van der Waals surface area contributed by atoms with Crippen LogP contribution in [0.5, 0.6) is 11.5 Å². The number of amides is 1. The number of aromatic nitrogens is 1. The third-order valence-electron chi connectivity index (χ3n) is 5.14. The first-order chi connectivity index (χ1) is 15.1. The van der Waals surface area contributed by atoms with Gasteiger partial charge in [-0.1, -0.05) is 36.4 Å². The average molecular weight is 416 g/mol. The molecule has 0 radical (unpaired) electrons. The molecule has 1 aliphatic rings. The van der Waals surface area contributed by atoms with Gasteiger partial charge in [0.1, 0.15) is 5.76 Å². The number of pyridine rings is 1. The number of hydrogen-bond donors (Lipinski definition) is 1. The van der Waals surface area contributed by atoms with Gasteiger partial charge in [-0.05, 0) is 29.8 Å². The van der Waals surface area contributed by atoms with Crippen LogP contribution in [0.25, 0.3) is 5.76 Å². The van der Waals surface area contributed by atoms with Crippen LogP contribution in [0, 0.1) is 0 Å². The van der Waals surface area contributed by atoms with Gasteiger partial charge in [-0.15, -0.1) is 0 Å². The normalized spacial score (nSPS) is 17.6. The molecule has 7 nitrogen and oxygen atoms in total. The molecule has 1 unspecified atom stereocenters. The summed E-state index contributed by atoms with van der Waals surface area (Å²) >= 11 is 0. The Morgan fingerprint density at radius 3 is 2.35 bits per heavy atom. The minimum atomic E-state index is -0.871. The van der Waals surface area contributed by atoms with E-state index in [9.17, 15) is 14.7 Å². The minimum Gasteiger partial charge on any atom is -0.507 e. The van der Waals surface area contributed by atoms with E-state index in [1.807, 2.05) is 0 Å². The highest BCUT2D eigenvalue weighted by atomic mass is 16.5. The molecule has 1 saturated heterocycles. The standard InChI is InChI=1S/C24H20N2O5/c1-30-18-11-10-16(13-19(18)31-2)21-20(22(27)15-7-4-3-5-8-15)23(28)24(29)26(21)17-9-6-12-25-14-17/h3-14,21,27H,1-2H3/b22-20+. The number of hydrogen-bond acceptors (Lipinski definition) is 6. The molecule has 31 heavy (non-hydrogen) atoms. The Morgan fingerprint density at radius 1 is 0.968 bits per heavy atom. The first-order valence-corrected chi connectivity index (χ1v) is 9.55. The van der Waals surface area contributed by atoms with Crippen molar-refractivity contribution in [3.05, 3.63) is 89.8 Å². The van der Waals surface area contributed by atoms with Crippen molar-refractivity contribution in [2.45, 2.75) is 6.04 Å². The molecular weight excluding hydrogens is 396 g/mol. The first kappa shape index (κ1) is 20.2. The zero-order valence-corrected chi connectivity index (χ0v) is 17.0. The molecule has 0 bridgehead atoms. The third-order valence-corrected chi connectivity index (χ3v) is 5.14. The molecule has 0 spiro atoms. The van der Waals surface area contributed by atoms with Gasteiger partial charge in [-0.3, -0.25) is 19.5 Å². The van der Waals surface area contributed by atoms with Gasteiger partial charge in [0.15, 0.2) is 11.5 Å². The van der Waals surface area contributed by atoms with E-state index < -0.39 is 17.7 Å². The van der Waals surface area contributed by atoms with E-state index in [2.05, 4.69) is 4.98 Å². The van der Waals surface area contributed by atoms with E-state index in [4.69, 9.17) is 9.47 Å². The van der Waals surface area contributed by atoms with Gasteiger partial charge in [0.25, 0.3) is 11.7 Å². The van der Waals surface area contributed by atoms with E-state index in [-0.39, 0.29) is 11.3 Å². The Bertz CT molecular complexity index is 1160. The maximum Gasteiger partial charge on any atom is 0.300 e. The molecule has 2 aromatic carbocycles. The second-order valence-electron chi connectivity index (χ2n) is 6.86. The van der Waals surface area contributed by atoms with Crippen LogP contribution in [0.4, 0.5) is 5.69 Å². The second-order valence-corrected chi connectivity index (χ2v) is 6.86. The van der Waals surface area contributed by atoms with Crippen LogP contribution in [0.3, 0.4) is 0 Å². The lowest BCUT2D eigenvalue weighted by molar-refractivity contribution is -0.132. The van der Waals surface area contributed by atoms with Crippen molar-refractivity contribution in [2.75, 3.05) is 19.1 Å². The monoisotopic (exact) mass is 416 g/mol. The van der Waals surface area contributed by atoms with Crippen LogP contribution in [0.15, 0.2) is 78.6 Å². The molecular formula is C24H20N2O5. The van der Waals surface area contributed by atoms with Gasteiger partial charge in [0.2, 0.25) is 0 Å². The van der Waals surface area contributed by atoms with E-state index in [0.29, 0.717) is 28.3 Å². The summed E-state index contributed by atoms with van der Waals surface area (Å²) in [6.07, 6.45) is 3.08. The first-order valence-electron chi connectivity index (χ1n) is 9.55. The van der Waals surface area contributed by atoms with Gasteiger partial charge in [0.05, 0.1) is 37.7 Å². The van der Waals surface area contributed by atoms with Crippen LogP contribution >= 0.6 is 0 Å². The molecule has 1 aromatic heterocycles. The van der Waals surface area contributed by atoms with Crippen LogP contribution in [0.1, 0.15) is 17.2 Å². The molecule has 1 amide bonds. The molecule has 7 heteroatoms. The quantitative estimate of drug-likeness (QED) is 0.387. The van der Waals surface area contributed by atoms with Crippen LogP contribution in [-0.2, 0) is 9.59 Å². The van der Waals surface area contributed by atoms with E-state index in [1.165, 1.54) is 25.3 Å². The number of methoxy groups -OCH3 is 2. The summed E-state index contributed by atoms with van der Waals surface area (Å²) in [4.78, 5) is 31.6. The lowest BCUT2D eigenvalue weighted by Crippen LogP contribution is -2.29. The number of carbonyl (C=O) groups excluding carboxylic acids is 2. The Hall–Kier alpha value is -4.13. The molecule has 1 fully saturated rings. The topological polar surface area (TPSA) is 89.0 Å². The van der Waals surface area contributed by atoms with Crippen molar-refractivity contribution in [1.82, 2.24) is 4.98 Å². The average Bonchev–Trinajstić information content (AvgIpc) is 3.09. The number of ether oxygens (including phenoxy) is 2. The largest absolute Gasteiger partial charge is 0.507 e. The third kappa shape index (κ3) is 3.50. The SMILES string of the molecule is COc1ccc(C2/C(=C(\O)c3ccccc3)C(=O)C(=O)N2c2cccnc2)cc1OC. The lowest BCUT2D eigenvalue weighted by Gasteiger charge is -2.25. The van der Waals surface area contributed by atoms with Crippen LogP contribution < -0.4 is 14.4 Å². The summed E-state index contributed by atoms with van der Waals surface area (Å²) in [7, 11) is 3.03. The molecule has 1 atom stereocenters. The number of carbonyl (C=O) groups is 2. The van der Waals surface area contributed by atoms with Crippen molar-refractivity contribution in [1.29, 1.82) is 0 Å². The molecule has 0 saturated carbocycles. The molecule has 3 aromatic rings. The maximum absolute atomic E-state index is 13.1. The van der Waals surface area contributed by atoms with Crippen molar-refractivity contribution in [2.24, 2.45) is 0 Å². The highest BCUT2D eigenvalue weighted by Gasteiger charge is 2.47. The van der Waals surface area contributed by atoms with Crippen molar-refractivity contribution >= 4 is 23.1 Å². The van der Waals surface area contributed by atoms with E-state index in [1.54, 1.807) is 66.9 Å². The van der Waals surface area contributed by atoms with Gasteiger partial charge < -0.3 is 14.6 Å². The van der Waals surface area contributed by atoms with Crippen molar-refractivity contribution in [3.8, 4) is 11.5 Å². The molecule has 4 rings (SSSR count). The van der Waals surface area contributed by atoms with Crippen molar-refractivity contribution < 1.29 is 24.2 Å². The predicted octanol–water partition coefficient (Wildman–Crippen LogP) is 3.73. The zero-order chi connectivity index (χ0) is 22.0. The fraction of sp³-hybridized carbons (Fsp3) is 0.125. The summed E-state index contributed by atoms with van der Waals surface area (Å²) in [6.45, 7) is 0. The number of rotatable bonds is 5. The number of aliphatic hydroxyl groups excluding tert-OH is 1. The lowest BCUT2D eigenvalue weighted by atomic mass is 9.95. The summed E-state index contributed by atoms with van der Waals surface area (Å²) in [5, 5.41) is 11.0. The molecule has 1 N–H and O–H groups in total. The number of anilines is 1. The summed E-state index contributed by atoms with van der Waals surface area (Å²) in [6, 6.07) is 16.3. The van der Waals surface area contributed by atoms with Crippen LogP contribution in [0.2, 0.25) is 0 Å². The molecule has 0 aliphatic carbocycles. The predicted molar refractivity (Wildman–Crippen MR) is 115 cm³/mol. The Kier molecular flexibility index (Phi) is 5.41. The van der Waals surface area contributed by atoms with Crippen LogP contribution in [-0.4, -0.2) is 36.0 Å². The summed E-state index contributed by atoms with van der Waals surface area (Å²) in [5.41, 5.74) is 1.46. The minimum absolute atomic E-state index is 0.00715. The highest BCUT2D eigenvalue weighted by molar-refractivity contribution is 6.51. The summed E-state index contributed by atoms with van der Waals surface area (Å²) < 4.78 is 10.7.